The van der Waals surface area contributed by atoms with Crippen LogP contribution in [0.3, 0.4) is 0 Å². The van der Waals surface area contributed by atoms with Gasteiger partial charge in [0.2, 0.25) is 0 Å². The summed E-state index contributed by atoms with van der Waals surface area (Å²) < 4.78 is 5.18. The Morgan fingerprint density at radius 2 is 2.13 bits per heavy atom. The molecule has 0 amide bonds. The number of ether oxygens (including phenoxy) is 1. The first-order valence-electron chi connectivity index (χ1n) is 7.08. The Morgan fingerprint density at radius 1 is 1.30 bits per heavy atom. The molecule has 0 bridgehead atoms. The minimum absolute atomic E-state index is 0.0680. The number of esters is 1. The smallest absolute Gasteiger partial charge is 0.312 e. The third-order valence-electron chi connectivity index (χ3n) is 3.35. The lowest BCUT2D eigenvalue weighted by Crippen LogP contribution is -2.15. The van der Waals surface area contributed by atoms with Crippen molar-refractivity contribution in [2.45, 2.75) is 26.9 Å². The lowest BCUT2D eigenvalue weighted by Gasteiger charge is -2.06. The Labute approximate surface area is 136 Å². The number of hydrogen-bond donors (Lipinski definition) is 1. The van der Waals surface area contributed by atoms with Crippen LogP contribution in [0.1, 0.15) is 22.1 Å². The first-order chi connectivity index (χ1) is 11.0. The third-order valence-corrected chi connectivity index (χ3v) is 4.17. The van der Waals surface area contributed by atoms with E-state index in [1.165, 1.54) is 11.3 Å². The van der Waals surface area contributed by atoms with E-state index in [0.717, 1.165) is 10.6 Å². The van der Waals surface area contributed by atoms with Crippen molar-refractivity contribution in [3.8, 4) is 0 Å². The van der Waals surface area contributed by atoms with Gasteiger partial charge < -0.3 is 9.72 Å². The van der Waals surface area contributed by atoms with Crippen LogP contribution in [-0.2, 0) is 22.6 Å². The van der Waals surface area contributed by atoms with Gasteiger partial charge in [0.1, 0.15) is 12.4 Å². The van der Waals surface area contributed by atoms with E-state index >= 15 is 0 Å². The highest BCUT2D eigenvalue weighted by Gasteiger charge is 2.10. The van der Waals surface area contributed by atoms with Crippen molar-refractivity contribution in [2.24, 2.45) is 0 Å². The highest BCUT2D eigenvalue weighted by atomic mass is 32.1. The van der Waals surface area contributed by atoms with Gasteiger partial charge in [0.25, 0.3) is 5.56 Å². The van der Waals surface area contributed by atoms with Crippen molar-refractivity contribution < 1.29 is 9.53 Å². The predicted molar refractivity (Wildman–Crippen MR) is 87.5 cm³/mol. The lowest BCUT2D eigenvalue weighted by atomic mass is 10.1. The number of carbonyl (C=O) groups is 1. The lowest BCUT2D eigenvalue weighted by molar-refractivity contribution is -0.144. The Hall–Kier alpha value is -2.54. The monoisotopic (exact) mass is 329 g/mol. The van der Waals surface area contributed by atoms with Gasteiger partial charge in [-0.05, 0) is 25.5 Å². The van der Waals surface area contributed by atoms with E-state index in [1.807, 2.05) is 31.4 Å². The number of thiazole rings is 1. The van der Waals surface area contributed by atoms with E-state index in [0.29, 0.717) is 22.4 Å². The van der Waals surface area contributed by atoms with Crippen LogP contribution in [0, 0.1) is 13.8 Å². The van der Waals surface area contributed by atoms with Crippen molar-refractivity contribution in [3.05, 3.63) is 56.0 Å². The van der Waals surface area contributed by atoms with Crippen molar-refractivity contribution in [1.82, 2.24) is 15.0 Å². The maximum absolute atomic E-state index is 12.0. The standard InChI is InChI=1S/C16H15N3O3S/c1-9-4-3-5-12-15(9)18-13(19-16(12)21)7-22-14(20)6-11-8-23-10(2)17-11/h3-5,8H,6-7H2,1-2H3,(H,18,19,21). The summed E-state index contributed by atoms with van der Waals surface area (Å²) >= 11 is 1.49. The fraction of sp³-hybridized carbons (Fsp3) is 0.250. The number of H-pyrrole nitrogens is 1. The number of nitrogens with one attached hydrogen (secondary N) is 1. The average molecular weight is 329 g/mol. The van der Waals surface area contributed by atoms with Crippen LogP contribution in [0.4, 0.5) is 0 Å². The van der Waals surface area contributed by atoms with Crippen LogP contribution in [0.5, 0.6) is 0 Å². The van der Waals surface area contributed by atoms with Crippen molar-refractivity contribution >= 4 is 28.2 Å². The average Bonchev–Trinajstić information content (AvgIpc) is 2.91. The van der Waals surface area contributed by atoms with Crippen LogP contribution in [0.25, 0.3) is 10.9 Å². The van der Waals surface area contributed by atoms with E-state index in [2.05, 4.69) is 15.0 Å². The number of rotatable bonds is 4. The van der Waals surface area contributed by atoms with Gasteiger partial charge in [-0.15, -0.1) is 11.3 Å². The van der Waals surface area contributed by atoms with Crippen LogP contribution in [0.15, 0.2) is 28.4 Å². The molecule has 0 spiro atoms. The molecule has 0 atom stereocenters. The number of hydrogen-bond acceptors (Lipinski definition) is 6. The first-order valence-corrected chi connectivity index (χ1v) is 7.96. The number of aryl methyl sites for hydroxylation is 2. The topological polar surface area (TPSA) is 84.9 Å². The second-order valence-corrected chi connectivity index (χ2v) is 6.24. The Balaban J connectivity index is 1.73. The van der Waals surface area contributed by atoms with Crippen LogP contribution in [0.2, 0.25) is 0 Å². The summed E-state index contributed by atoms with van der Waals surface area (Å²) in [5, 5.41) is 3.26. The molecule has 118 valence electrons. The van der Waals surface area contributed by atoms with Crippen LogP contribution >= 0.6 is 11.3 Å². The van der Waals surface area contributed by atoms with Gasteiger partial charge in [0, 0.05) is 5.38 Å². The number of fused-ring (bicyclic) bond motifs is 1. The molecule has 0 unspecified atom stereocenters. The van der Waals surface area contributed by atoms with E-state index in [-0.39, 0.29) is 18.6 Å². The molecule has 0 aliphatic carbocycles. The number of aromatic amines is 1. The molecule has 0 aliphatic heterocycles. The van der Waals surface area contributed by atoms with Gasteiger partial charge in [-0.1, -0.05) is 12.1 Å². The minimum Gasteiger partial charge on any atom is -0.457 e. The molecule has 6 nitrogen and oxygen atoms in total. The summed E-state index contributed by atoms with van der Waals surface area (Å²) in [7, 11) is 0. The molecule has 23 heavy (non-hydrogen) atoms. The summed E-state index contributed by atoms with van der Waals surface area (Å²) in [6, 6.07) is 5.41. The van der Waals surface area contributed by atoms with Crippen LogP contribution in [-0.4, -0.2) is 20.9 Å². The fourth-order valence-electron chi connectivity index (χ4n) is 2.26. The number of benzene rings is 1. The normalized spacial score (nSPS) is 10.9. The van der Waals surface area contributed by atoms with Gasteiger partial charge in [-0.25, -0.2) is 9.97 Å². The minimum atomic E-state index is -0.400. The quantitative estimate of drug-likeness (QED) is 0.742. The van der Waals surface area contributed by atoms with Crippen molar-refractivity contribution in [1.29, 1.82) is 0 Å². The predicted octanol–water partition coefficient (Wildman–Crippen LogP) is 2.28. The third kappa shape index (κ3) is 3.45. The first kappa shape index (κ1) is 15.4. The molecule has 0 radical (unpaired) electrons. The van der Waals surface area contributed by atoms with Gasteiger partial charge in [0.15, 0.2) is 0 Å². The number of para-hydroxylation sites is 1. The number of aromatic nitrogens is 3. The summed E-state index contributed by atoms with van der Waals surface area (Å²) in [6.07, 6.45) is 0.112. The molecule has 1 aromatic carbocycles. The van der Waals surface area contributed by atoms with Gasteiger partial charge >= 0.3 is 5.97 Å². The molecule has 2 aromatic heterocycles. The summed E-state index contributed by atoms with van der Waals surface area (Å²) in [5.74, 6) is -0.0672. The molecule has 1 N–H and O–H groups in total. The molecule has 3 aromatic rings. The van der Waals surface area contributed by atoms with E-state index < -0.39 is 5.97 Å². The fourth-order valence-corrected chi connectivity index (χ4v) is 2.87. The maximum Gasteiger partial charge on any atom is 0.312 e. The molecule has 2 heterocycles. The molecule has 3 rings (SSSR count). The summed E-state index contributed by atoms with van der Waals surface area (Å²) in [6.45, 7) is 3.70. The van der Waals surface area contributed by atoms with Crippen molar-refractivity contribution in [3.63, 3.8) is 0 Å². The molecular weight excluding hydrogens is 314 g/mol. The molecule has 0 fully saturated rings. The summed E-state index contributed by atoms with van der Waals surface area (Å²) in [5.41, 5.74) is 1.98. The maximum atomic E-state index is 12.0. The number of carbonyl (C=O) groups excluding carboxylic acids is 1. The molecule has 0 aliphatic rings. The SMILES string of the molecule is Cc1nc(CC(=O)OCc2nc3c(C)cccc3c(=O)[nH]2)cs1. The molecule has 0 saturated heterocycles. The molecule has 7 heteroatoms. The molecule has 0 saturated carbocycles. The van der Waals surface area contributed by atoms with E-state index in [9.17, 15) is 9.59 Å². The second kappa shape index (κ2) is 6.29. The van der Waals surface area contributed by atoms with E-state index in [1.54, 1.807) is 6.07 Å². The zero-order valence-corrected chi connectivity index (χ0v) is 13.6. The second-order valence-electron chi connectivity index (χ2n) is 5.18. The Kier molecular flexibility index (Phi) is 4.20. The Morgan fingerprint density at radius 3 is 2.87 bits per heavy atom. The number of nitrogens with zero attached hydrogens (tertiary/aromatic N) is 2. The highest BCUT2D eigenvalue weighted by Crippen LogP contribution is 2.13. The van der Waals surface area contributed by atoms with Crippen LogP contribution < -0.4 is 5.56 Å². The highest BCUT2D eigenvalue weighted by molar-refractivity contribution is 7.09. The summed E-state index contributed by atoms with van der Waals surface area (Å²) in [4.78, 5) is 35.1. The van der Waals surface area contributed by atoms with E-state index in [4.69, 9.17) is 4.74 Å². The van der Waals surface area contributed by atoms with Crippen molar-refractivity contribution in [2.75, 3.05) is 0 Å². The zero-order chi connectivity index (χ0) is 16.4. The zero-order valence-electron chi connectivity index (χ0n) is 12.8. The van der Waals surface area contributed by atoms with Gasteiger partial charge in [-0.3, -0.25) is 9.59 Å². The van der Waals surface area contributed by atoms with Gasteiger partial charge in [0.05, 0.1) is 28.0 Å². The largest absolute Gasteiger partial charge is 0.457 e. The Bertz CT molecular complexity index is 930. The molecular formula is C16H15N3O3S. The van der Waals surface area contributed by atoms with Gasteiger partial charge in [-0.2, -0.15) is 0 Å².